The van der Waals surface area contributed by atoms with Crippen LogP contribution in [0.4, 0.5) is 0 Å². The van der Waals surface area contributed by atoms with Crippen molar-refractivity contribution in [3.8, 4) is 0 Å². The van der Waals surface area contributed by atoms with Crippen molar-refractivity contribution in [2.75, 3.05) is 14.2 Å². The molecule has 0 amide bonds. The minimum absolute atomic E-state index is 0.331. The van der Waals surface area contributed by atoms with E-state index in [0.717, 1.165) is 36.0 Å². The van der Waals surface area contributed by atoms with Crippen molar-refractivity contribution < 1.29 is 9.47 Å². The SMILES string of the molecule is C/C=C1/CC[C@H]2[C@@H]3CC[C@H]4CC(OC)(OC)[C@H](C)C[C@@H]4[C@H]3CC[C@]12C. The minimum Gasteiger partial charge on any atom is -0.353 e. The molecule has 4 saturated carbocycles. The molecule has 4 fully saturated rings. The van der Waals surface area contributed by atoms with Crippen LogP contribution in [0.2, 0.25) is 0 Å². The van der Waals surface area contributed by atoms with Crippen molar-refractivity contribution in [2.45, 2.75) is 77.9 Å². The highest BCUT2D eigenvalue weighted by Crippen LogP contribution is 2.65. The van der Waals surface area contributed by atoms with E-state index < -0.39 is 0 Å². The highest BCUT2D eigenvalue weighted by molar-refractivity contribution is 5.23. The van der Waals surface area contributed by atoms with Gasteiger partial charge in [0.25, 0.3) is 0 Å². The largest absolute Gasteiger partial charge is 0.353 e. The molecule has 7 atom stereocenters. The van der Waals surface area contributed by atoms with Gasteiger partial charge in [0, 0.05) is 26.6 Å². The fourth-order valence-electron chi connectivity index (χ4n) is 7.98. The van der Waals surface area contributed by atoms with Crippen molar-refractivity contribution >= 4 is 0 Å². The minimum atomic E-state index is -0.331. The van der Waals surface area contributed by atoms with Crippen LogP contribution in [-0.2, 0) is 9.47 Å². The first kappa shape index (κ1) is 18.0. The summed E-state index contributed by atoms with van der Waals surface area (Å²) in [6.45, 7) is 7.21. The van der Waals surface area contributed by atoms with E-state index in [1.165, 1.54) is 44.9 Å². The summed E-state index contributed by atoms with van der Waals surface area (Å²) >= 11 is 0. The van der Waals surface area contributed by atoms with E-state index in [2.05, 4.69) is 26.8 Å². The van der Waals surface area contributed by atoms with E-state index >= 15 is 0 Å². The zero-order valence-electron chi connectivity index (χ0n) is 17.0. The third-order valence-electron chi connectivity index (χ3n) is 9.33. The highest BCUT2D eigenvalue weighted by Gasteiger charge is 2.57. The number of methoxy groups -OCH3 is 2. The number of ether oxygens (including phenoxy) is 2. The Morgan fingerprint density at radius 3 is 2.44 bits per heavy atom. The Hall–Kier alpha value is -0.340. The molecule has 4 rings (SSSR count). The maximum Gasteiger partial charge on any atom is 0.170 e. The molecule has 2 heteroatoms. The second kappa shape index (κ2) is 6.37. The summed E-state index contributed by atoms with van der Waals surface area (Å²) in [5.74, 6) is 4.78. The number of rotatable bonds is 2. The van der Waals surface area contributed by atoms with Crippen molar-refractivity contribution in [1.82, 2.24) is 0 Å². The molecule has 0 N–H and O–H groups in total. The van der Waals surface area contributed by atoms with Gasteiger partial charge in [-0.05, 0) is 86.9 Å². The third-order valence-corrected chi connectivity index (χ3v) is 9.33. The van der Waals surface area contributed by atoms with Crippen LogP contribution >= 0.6 is 0 Å². The predicted octanol–water partition coefficient (Wildman–Crippen LogP) is 5.82. The van der Waals surface area contributed by atoms with Gasteiger partial charge in [0.15, 0.2) is 5.79 Å². The van der Waals surface area contributed by atoms with Crippen LogP contribution in [0.15, 0.2) is 11.6 Å². The molecule has 0 saturated heterocycles. The van der Waals surface area contributed by atoms with Gasteiger partial charge in [-0.25, -0.2) is 0 Å². The molecule has 0 bridgehead atoms. The smallest absolute Gasteiger partial charge is 0.170 e. The molecule has 25 heavy (non-hydrogen) atoms. The zero-order chi connectivity index (χ0) is 17.8. The summed E-state index contributed by atoms with van der Waals surface area (Å²) in [6, 6.07) is 0. The molecule has 0 radical (unpaired) electrons. The molecule has 0 heterocycles. The van der Waals surface area contributed by atoms with Gasteiger partial charge in [0.05, 0.1) is 0 Å². The molecule has 142 valence electrons. The molecule has 0 aromatic carbocycles. The van der Waals surface area contributed by atoms with Crippen LogP contribution in [0.1, 0.15) is 72.1 Å². The van der Waals surface area contributed by atoms with E-state index in [1.54, 1.807) is 5.57 Å². The lowest BCUT2D eigenvalue weighted by Gasteiger charge is -2.58. The average molecular weight is 347 g/mol. The average Bonchev–Trinajstić information content (AvgIpc) is 2.97. The standard InChI is InChI=1S/C23H38O2/c1-6-17-8-10-21-19-9-7-16-14-23(24-4,25-5)15(2)13-20(16)18(19)11-12-22(17,21)3/h6,15-16,18-21H,7-14H2,1-5H3/b17-6-/t15-,16+,18+,19-,20+,21+,22-/m1/s1. The Kier molecular flexibility index (Phi) is 4.60. The van der Waals surface area contributed by atoms with Gasteiger partial charge in [-0.1, -0.05) is 25.5 Å². The molecule has 4 aliphatic rings. The molecule has 0 spiro atoms. The first-order valence-electron chi connectivity index (χ1n) is 10.7. The normalized spacial score (nSPS) is 50.2. The van der Waals surface area contributed by atoms with Crippen molar-refractivity contribution in [1.29, 1.82) is 0 Å². The van der Waals surface area contributed by atoms with Crippen LogP contribution in [0.3, 0.4) is 0 Å². The summed E-state index contributed by atoms with van der Waals surface area (Å²) in [6.07, 6.45) is 13.4. The maximum absolute atomic E-state index is 5.91. The fraction of sp³-hybridized carbons (Fsp3) is 0.913. The molecule has 0 aromatic rings. The Labute approximate surface area is 154 Å². The van der Waals surface area contributed by atoms with Crippen molar-refractivity contribution in [3.63, 3.8) is 0 Å². The summed E-state index contributed by atoms with van der Waals surface area (Å²) in [4.78, 5) is 0. The second-order valence-corrected chi connectivity index (χ2v) is 9.81. The van der Waals surface area contributed by atoms with E-state index in [4.69, 9.17) is 9.47 Å². The van der Waals surface area contributed by atoms with Crippen LogP contribution in [0.25, 0.3) is 0 Å². The van der Waals surface area contributed by atoms with Crippen LogP contribution in [0, 0.1) is 40.9 Å². The first-order chi connectivity index (χ1) is 12.0. The molecular formula is C23H38O2. The quantitative estimate of drug-likeness (QED) is 0.463. The van der Waals surface area contributed by atoms with Gasteiger partial charge in [-0.15, -0.1) is 0 Å². The molecule has 0 unspecified atom stereocenters. The lowest BCUT2D eigenvalue weighted by atomic mass is 9.49. The highest BCUT2D eigenvalue weighted by atomic mass is 16.7. The van der Waals surface area contributed by atoms with Crippen LogP contribution in [0.5, 0.6) is 0 Å². The van der Waals surface area contributed by atoms with E-state index in [1.807, 2.05) is 14.2 Å². The van der Waals surface area contributed by atoms with Crippen LogP contribution < -0.4 is 0 Å². The fourth-order valence-corrected chi connectivity index (χ4v) is 7.98. The molecule has 0 aliphatic heterocycles. The Bertz CT molecular complexity index is 534. The van der Waals surface area contributed by atoms with Gasteiger partial charge >= 0.3 is 0 Å². The summed E-state index contributed by atoms with van der Waals surface area (Å²) in [5.41, 5.74) is 2.29. The number of hydrogen-bond donors (Lipinski definition) is 0. The predicted molar refractivity (Wildman–Crippen MR) is 102 cm³/mol. The number of fused-ring (bicyclic) bond motifs is 5. The number of hydrogen-bond acceptors (Lipinski definition) is 2. The van der Waals surface area contributed by atoms with Gasteiger partial charge < -0.3 is 9.47 Å². The Morgan fingerprint density at radius 1 is 1.00 bits per heavy atom. The number of allylic oxidation sites excluding steroid dienone is 2. The lowest BCUT2D eigenvalue weighted by Crippen LogP contribution is -2.54. The summed E-state index contributed by atoms with van der Waals surface area (Å²) < 4.78 is 11.8. The summed E-state index contributed by atoms with van der Waals surface area (Å²) in [5, 5.41) is 0. The zero-order valence-corrected chi connectivity index (χ0v) is 17.0. The van der Waals surface area contributed by atoms with E-state index in [9.17, 15) is 0 Å². The Balaban J connectivity index is 1.57. The van der Waals surface area contributed by atoms with Crippen molar-refractivity contribution in [3.05, 3.63) is 11.6 Å². The first-order valence-corrected chi connectivity index (χ1v) is 10.7. The van der Waals surface area contributed by atoms with Crippen molar-refractivity contribution in [2.24, 2.45) is 40.9 Å². The summed E-state index contributed by atoms with van der Waals surface area (Å²) in [7, 11) is 3.68. The van der Waals surface area contributed by atoms with Gasteiger partial charge in [-0.3, -0.25) is 0 Å². The van der Waals surface area contributed by atoms with Crippen LogP contribution in [-0.4, -0.2) is 20.0 Å². The lowest BCUT2D eigenvalue weighted by molar-refractivity contribution is -0.273. The Morgan fingerprint density at radius 2 is 1.76 bits per heavy atom. The molecular weight excluding hydrogens is 308 g/mol. The van der Waals surface area contributed by atoms with Gasteiger partial charge in [0.1, 0.15) is 0 Å². The third kappa shape index (κ3) is 2.50. The van der Waals surface area contributed by atoms with E-state index in [0.29, 0.717) is 11.3 Å². The monoisotopic (exact) mass is 346 g/mol. The van der Waals surface area contributed by atoms with Gasteiger partial charge in [0.2, 0.25) is 0 Å². The molecule has 2 nitrogen and oxygen atoms in total. The molecule has 0 aromatic heterocycles. The van der Waals surface area contributed by atoms with E-state index in [-0.39, 0.29) is 5.79 Å². The molecule has 4 aliphatic carbocycles. The van der Waals surface area contributed by atoms with Gasteiger partial charge in [-0.2, -0.15) is 0 Å². The maximum atomic E-state index is 5.91. The topological polar surface area (TPSA) is 18.5 Å². The second-order valence-electron chi connectivity index (χ2n) is 9.81.